The van der Waals surface area contributed by atoms with Gasteiger partial charge in [-0.25, -0.2) is 0 Å². The second-order valence-electron chi connectivity index (χ2n) is 5.35. The summed E-state index contributed by atoms with van der Waals surface area (Å²) in [6.45, 7) is 3.67. The fourth-order valence-electron chi connectivity index (χ4n) is 2.33. The zero-order valence-corrected chi connectivity index (χ0v) is 12.9. The molecular formula is C15H17N3O5. The number of nitro benzene ring substituents is 1. The first-order chi connectivity index (χ1) is 10.9. The van der Waals surface area contributed by atoms with Crippen LogP contribution in [0.5, 0.6) is 0 Å². The number of imide groups is 1. The lowest BCUT2D eigenvalue weighted by molar-refractivity contribution is -0.385. The monoisotopic (exact) mass is 319 g/mol. The van der Waals surface area contributed by atoms with E-state index in [1.54, 1.807) is 0 Å². The number of carbonyl (C=O) groups is 3. The fraction of sp³-hybridized carbons (Fsp3) is 0.400. The highest BCUT2D eigenvalue weighted by atomic mass is 16.6. The molecule has 0 aliphatic carbocycles. The summed E-state index contributed by atoms with van der Waals surface area (Å²) in [5.74, 6) is -1.61. The van der Waals surface area contributed by atoms with Crippen LogP contribution in [0.1, 0.15) is 47.4 Å². The lowest BCUT2D eigenvalue weighted by Gasteiger charge is -2.15. The third kappa shape index (κ3) is 3.20. The Bertz CT molecular complexity index is 686. The Labute approximate surface area is 132 Å². The van der Waals surface area contributed by atoms with Crippen molar-refractivity contribution in [2.75, 3.05) is 6.54 Å². The molecule has 0 bridgehead atoms. The van der Waals surface area contributed by atoms with E-state index in [0.29, 0.717) is 0 Å². The Morgan fingerprint density at radius 3 is 2.65 bits per heavy atom. The summed E-state index contributed by atoms with van der Waals surface area (Å²) in [6, 6.07) is 3.93. The van der Waals surface area contributed by atoms with Gasteiger partial charge in [-0.1, -0.05) is 13.0 Å². The molecule has 2 rings (SSSR count). The van der Waals surface area contributed by atoms with Crippen molar-refractivity contribution in [2.45, 2.75) is 32.7 Å². The van der Waals surface area contributed by atoms with Crippen molar-refractivity contribution < 1.29 is 19.3 Å². The summed E-state index contributed by atoms with van der Waals surface area (Å²) >= 11 is 0. The van der Waals surface area contributed by atoms with Gasteiger partial charge in [0.15, 0.2) is 0 Å². The van der Waals surface area contributed by atoms with Crippen LogP contribution in [0.4, 0.5) is 5.69 Å². The van der Waals surface area contributed by atoms with Crippen LogP contribution in [-0.4, -0.2) is 40.1 Å². The van der Waals surface area contributed by atoms with Gasteiger partial charge in [0.2, 0.25) is 5.91 Å². The van der Waals surface area contributed by atoms with Gasteiger partial charge in [0.05, 0.1) is 10.5 Å². The summed E-state index contributed by atoms with van der Waals surface area (Å²) in [4.78, 5) is 47.5. The number of rotatable bonds is 6. The molecule has 1 unspecified atom stereocenters. The molecule has 1 aromatic rings. The van der Waals surface area contributed by atoms with Crippen LogP contribution in [0.3, 0.4) is 0 Å². The predicted molar refractivity (Wildman–Crippen MR) is 81.0 cm³/mol. The van der Waals surface area contributed by atoms with E-state index < -0.39 is 22.4 Å². The van der Waals surface area contributed by atoms with Crippen molar-refractivity contribution in [1.29, 1.82) is 0 Å². The smallest absolute Gasteiger partial charge is 0.282 e. The number of nitro groups is 1. The van der Waals surface area contributed by atoms with Crippen LogP contribution in [0.25, 0.3) is 0 Å². The number of benzene rings is 1. The van der Waals surface area contributed by atoms with Gasteiger partial charge in [0.25, 0.3) is 17.5 Å². The lowest BCUT2D eigenvalue weighted by atomic mass is 10.1. The van der Waals surface area contributed by atoms with Crippen LogP contribution in [0, 0.1) is 10.1 Å². The van der Waals surface area contributed by atoms with Gasteiger partial charge in [0.1, 0.15) is 5.56 Å². The quantitative estimate of drug-likeness (QED) is 0.485. The zero-order valence-electron chi connectivity index (χ0n) is 12.9. The molecule has 8 heteroatoms. The SMILES string of the molecule is CCC(C)NC(=O)CCN1C(=O)c2cccc([N+](=O)[O-])c2C1=O. The molecule has 1 N–H and O–H groups in total. The van der Waals surface area contributed by atoms with Gasteiger partial charge in [-0.15, -0.1) is 0 Å². The number of hydrogen-bond acceptors (Lipinski definition) is 5. The maximum Gasteiger partial charge on any atom is 0.282 e. The molecule has 1 atom stereocenters. The lowest BCUT2D eigenvalue weighted by Crippen LogP contribution is -2.37. The number of amides is 3. The van der Waals surface area contributed by atoms with Crippen molar-refractivity contribution in [2.24, 2.45) is 0 Å². The number of nitrogens with one attached hydrogen (secondary N) is 1. The first kappa shape index (κ1) is 16.6. The Kier molecular flexibility index (Phi) is 4.73. The number of nitrogens with zero attached hydrogens (tertiary/aromatic N) is 2. The molecule has 3 amide bonds. The Hall–Kier alpha value is -2.77. The molecule has 0 spiro atoms. The Morgan fingerprint density at radius 2 is 2.04 bits per heavy atom. The third-order valence-corrected chi connectivity index (χ3v) is 3.76. The highest BCUT2D eigenvalue weighted by Gasteiger charge is 2.40. The van der Waals surface area contributed by atoms with Crippen LogP contribution >= 0.6 is 0 Å². The molecule has 1 aromatic carbocycles. The summed E-state index contributed by atoms with van der Waals surface area (Å²) in [5.41, 5.74) is -0.594. The molecule has 1 aliphatic rings. The average Bonchev–Trinajstić information content (AvgIpc) is 2.76. The highest BCUT2D eigenvalue weighted by molar-refractivity contribution is 6.23. The normalized spacial score (nSPS) is 14.6. The Morgan fingerprint density at radius 1 is 1.35 bits per heavy atom. The van der Waals surface area contributed by atoms with Gasteiger partial charge in [-0.2, -0.15) is 0 Å². The molecular weight excluding hydrogens is 302 g/mol. The topological polar surface area (TPSA) is 110 Å². The van der Waals surface area contributed by atoms with E-state index in [2.05, 4.69) is 5.32 Å². The van der Waals surface area contributed by atoms with Crippen molar-refractivity contribution in [3.63, 3.8) is 0 Å². The average molecular weight is 319 g/mol. The second-order valence-corrected chi connectivity index (χ2v) is 5.35. The maximum atomic E-state index is 12.3. The highest BCUT2D eigenvalue weighted by Crippen LogP contribution is 2.30. The molecule has 1 aliphatic heterocycles. The van der Waals surface area contributed by atoms with Gasteiger partial charge in [-0.3, -0.25) is 29.4 Å². The molecule has 0 saturated carbocycles. The predicted octanol–water partition coefficient (Wildman–Crippen LogP) is 1.50. The summed E-state index contributed by atoms with van der Waals surface area (Å²) in [7, 11) is 0. The van der Waals surface area contributed by atoms with Crippen molar-refractivity contribution in [3.05, 3.63) is 39.4 Å². The van der Waals surface area contributed by atoms with Gasteiger partial charge < -0.3 is 5.32 Å². The van der Waals surface area contributed by atoms with E-state index in [1.165, 1.54) is 18.2 Å². The zero-order chi connectivity index (χ0) is 17.1. The second kappa shape index (κ2) is 6.55. The summed E-state index contributed by atoms with van der Waals surface area (Å²) in [5, 5.41) is 13.7. The summed E-state index contributed by atoms with van der Waals surface area (Å²) < 4.78 is 0. The number of carbonyl (C=O) groups excluding carboxylic acids is 3. The minimum absolute atomic E-state index is 0.00534. The first-order valence-electron chi connectivity index (χ1n) is 7.29. The fourth-order valence-corrected chi connectivity index (χ4v) is 2.33. The molecule has 122 valence electrons. The minimum atomic E-state index is -0.728. The van der Waals surface area contributed by atoms with Crippen LogP contribution in [-0.2, 0) is 4.79 Å². The third-order valence-electron chi connectivity index (χ3n) is 3.76. The van der Waals surface area contributed by atoms with E-state index in [1.807, 2.05) is 13.8 Å². The van der Waals surface area contributed by atoms with Gasteiger partial charge in [0, 0.05) is 25.1 Å². The molecule has 1 heterocycles. The molecule has 8 nitrogen and oxygen atoms in total. The maximum absolute atomic E-state index is 12.3. The van der Waals surface area contributed by atoms with E-state index in [9.17, 15) is 24.5 Å². The number of hydrogen-bond donors (Lipinski definition) is 1. The van der Waals surface area contributed by atoms with E-state index in [4.69, 9.17) is 0 Å². The minimum Gasteiger partial charge on any atom is -0.354 e. The molecule has 0 aromatic heterocycles. The molecule has 0 saturated heterocycles. The van der Waals surface area contributed by atoms with E-state index >= 15 is 0 Å². The van der Waals surface area contributed by atoms with Gasteiger partial charge in [-0.05, 0) is 19.4 Å². The van der Waals surface area contributed by atoms with Crippen molar-refractivity contribution in [3.8, 4) is 0 Å². The largest absolute Gasteiger partial charge is 0.354 e. The van der Waals surface area contributed by atoms with E-state index in [-0.39, 0.29) is 36.0 Å². The Balaban J connectivity index is 2.14. The molecule has 0 fully saturated rings. The summed E-state index contributed by atoms with van der Waals surface area (Å²) in [6.07, 6.45) is 0.731. The van der Waals surface area contributed by atoms with E-state index in [0.717, 1.165) is 11.3 Å². The van der Waals surface area contributed by atoms with Crippen LogP contribution in [0.15, 0.2) is 18.2 Å². The van der Waals surface area contributed by atoms with Crippen molar-refractivity contribution in [1.82, 2.24) is 10.2 Å². The van der Waals surface area contributed by atoms with Crippen molar-refractivity contribution >= 4 is 23.4 Å². The molecule has 0 radical (unpaired) electrons. The van der Waals surface area contributed by atoms with Gasteiger partial charge >= 0.3 is 0 Å². The molecule has 23 heavy (non-hydrogen) atoms. The number of fused-ring (bicyclic) bond motifs is 1. The first-order valence-corrected chi connectivity index (χ1v) is 7.29. The van der Waals surface area contributed by atoms with Crippen LogP contribution < -0.4 is 5.32 Å². The van der Waals surface area contributed by atoms with Crippen LogP contribution in [0.2, 0.25) is 0 Å². The standard InChI is InChI=1S/C15H17N3O5/c1-3-9(2)16-12(19)7-8-17-14(20)10-5-4-6-11(18(22)23)13(10)15(17)21/h4-6,9H,3,7-8H2,1-2H3,(H,16,19).